The molecule has 1 aliphatic carbocycles. The number of halogens is 1. The summed E-state index contributed by atoms with van der Waals surface area (Å²) in [7, 11) is 0. The summed E-state index contributed by atoms with van der Waals surface area (Å²) in [6.07, 6.45) is 7.65. The summed E-state index contributed by atoms with van der Waals surface area (Å²) in [6.45, 7) is 4.87. The van der Waals surface area contributed by atoms with Gasteiger partial charge < -0.3 is 15.1 Å². The molecule has 1 saturated carbocycles. The van der Waals surface area contributed by atoms with E-state index < -0.39 is 0 Å². The normalized spacial score (nSPS) is 27.3. The summed E-state index contributed by atoms with van der Waals surface area (Å²) in [6, 6.07) is 4.70. The van der Waals surface area contributed by atoms with Gasteiger partial charge in [-0.3, -0.25) is 0 Å². The van der Waals surface area contributed by atoms with Gasteiger partial charge in [0, 0.05) is 48.9 Å². The van der Waals surface area contributed by atoms with E-state index in [4.69, 9.17) is 0 Å². The van der Waals surface area contributed by atoms with E-state index in [2.05, 4.69) is 53.0 Å². The Kier molecular flexibility index (Phi) is 4.01. The van der Waals surface area contributed by atoms with Gasteiger partial charge >= 0.3 is 0 Å². The number of nitrogens with one attached hydrogen (secondary N) is 1. The second kappa shape index (κ2) is 6.02. The fourth-order valence-electron chi connectivity index (χ4n) is 3.72. The predicted molar refractivity (Wildman–Crippen MR) is 97.1 cm³/mol. The zero-order chi connectivity index (χ0) is 16.0. The summed E-state index contributed by atoms with van der Waals surface area (Å²) in [5.74, 6) is -0.116. The molecular formula is C18H24FN3S. The molecule has 2 heterocycles. The Bertz CT molecular complexity index is 629. The molecule has 0 amide bonds. The zero-order valence-electron chi connectivity index (χ0n) is 13.5. The molecule has 2 aliphatic heterocycles. The van der Waals surface area contributed by atoms with Crippen LogP contribution in [0, 0.1) is 5.82 Å². The number of anilines is 2. The lowest BCUT2D eigenvalue weighted by Gasteiger charge is -2.39. The molecule has 1 aromatic carbocycles. The number of piperazine rings is 1. The molecule has 0 radical (unpaired) electrons. The van der Waals surface area contributed by atoms with Gasteiger partial charge in [0.1, 0.15) is 5.82 Å². The molecule has 1 saturated heterocycles. The first-order valence-corrected chi connectivity index (χ1v) is 9.16. The highest BCUT2D eigenvalue weighted by Crippen LogP contribution is 2.44. The second-order valence-electron chi connectivity index (χ2n) is 6.75. The van der Waals surface area contributed by atoms with Crippen LogP contribution in [-0.2, 0) is 0 Å². The molecule has 5 heteroatoms. The van der Waals surface area contributed by atoms with Crippen LogP contribution in [0.1, 0.15) is 37.0 Å². The SMILES string of the molecule is CCC1CNCCN1c1cc2c(cc1F)C(S)C=CN2C1CC1. The topological polar surface area (TPSA) is 18.5 Å². The van der Waals surface area contributed by atoms with E-state index in [1.165, 1.54) is 12.8 Å². The van der Waals surface area contributed by atoms with Crippen molar-refractivity contribution in [3.63, 3.8) is 0 Å². The van der Waals surface area contributed by atoms with Crippen LogP contribution in [0.5, 0.6) is 0 Å². The first kappa shape index (κ1) is 15.3. The molecule has 3 nitrogen and oxygen atoms in total. The van der Waals surface area contributed by atoms with Crippen LogP contribution < -0.4 is 15.1 Å². The molecule has 2 atom stereocenters. The molecule has 124 valence electrons. The first-order chi connectivity index (χ1) is 11.2. The van der Waals surface area contributed by atoms with Gasteiger partial charge in [-0.15, -0.1) is 0 Å². The van der Waals surface area contributed by atoms with Crippen molar-refractivity contribution in [1.29, 1.82) is 0 Å². The average molecular weight is 333 g/mol. The van der Waals surface area contributed by atoms with Crippen LogP contribution in [0.15, 0.2) is 24.4 Å². The number of thiol groups is 1. The molecule has 4 rings (SSSR count). The van der Waals surface area contributed by atoms with E-state index in [0.29, 0.717) is 12.1 Å². The molecule has 2 fully saturated rings. The Morgan fingerprint density at radius 1 is 1.30 bits per heavy atom. The van der Waals surface area contributed by atoms with Crippen molar-refractivity contribution in [2.45, 2.75) is 43.5 Å². The summed E-state index contributed by atoms with van der Waals surface area (Å²) in [5, 5.41) is 3.39. The van der Waals surface area contributed by atoms with E-state index >= 15 is 0 Å². The Morgan fingerprint density at radius 2 is 2.13 bits per heavy atom. The van der Waals surface area contributed by atoms with Crippen LogP contribution in [0.2, 0.25) is 0 Å². The lowest BCUT2D eigenvalue weighted by molar-refractivity contribution is 0.459. The Balaban J connectivity index is 1.75. The Labute approximate surface area is 142 Å². The molecule has 0 spiro atoms. The highest BCUT2D eigenvalue weighted by molar-refractivity contribution is 7.80. The molecule has 0 aromatic heterocycles. The van der Waals surface area contributed by atoms with Gasteiger partial charge in [-0.25, -0.2) is 4.39 Å². The smallest absolute Gasteiger partial charge is 0.146 e. The van der Waals surface area contributed by atoms with E-state index in [1.54, 1.807) is 6.07 Å². The van der Waals surface area contributed by atoms with Gasteiger partial charge in [0.25, 0.3) is 0 Å². The fraction of sp³-hybridized carbons (Fsp3) is 0.556. The standard InChI is InChI=1S/C18H24FN3S/c1-2-12-11-20-6-8-22(12)17-10-16-14(9-15(17)19)18(23)5-7-21(16)13-3-4-13/h5,7,9-10,12-13,18,20,23H,2-4,6,8,11H2,1H3. The van der Waals surface area contributed by atoms with Crippen LogP contribution >= 0.6 is 12.6 Å². The predicted octanol–water partition coefficient (Wildman–Crippen LogP) is 3.48. The Hall–Kier alpha value is -1.20. The van der Waals surface area contributed by atoms with Crippen molar-refractivity contribution < 1.29 is 4.39 Å². The minimum Gasteiger partial charge on any atom is -0.364 e. The number of hydrogen-bond donors (Lipinski definition) is 2. The highest BCUT2D eigenvalue weighted by Gasteiger charge is 2.33. The van der Waals surface area contributed by atoms with Crippen LogP contribution in [0.3, 0.4) is 0 Å². The minimum atomic E-state index is -0.116. The summed E-state index contributed by atoms with van der Waals surface area (Å²) in [4.78, 5) is 4.55. The molecule has 0 bridgehead atoms. The largest absolute Gasteiger partial charge is 0.364 e. The van der Waals surface area contributed by atoms with Crippen LogP contribution in [-0.4, -0.2) is 31.7 Å². The number of fused-ring (bicyclic) bond motifs is 1. The second-order valence-corrected chi connectivity index (χ2v) is 7.30. The number of benzene rings is 1. The highest BCUT2D eigenvalue weighted by atomic mass is 32.1. The quantitative estimate of drug-likeness (QED) is 0.826. The molecule has 1 aromatic rings. The van der Waals surface area contributed by atoms with Crippen molar-refractivity contribution in [1.82, 2.24) is 5.32 Å². The monoisotopic (exact) mass is 333 g/mol. The van der Waals surface area contributed by atoms with E-state index in [9.17, 15) is 4.39 Å². The minimum absolute atomic E-state index is 0.0199. The molecule has 1 N–H and O–H groups in total. The van der Waals surface area contributed by atoms with Crippen molar-refractivity contribution in [2.24, 2.45) is 0 Å². The lowest BCUT2D eigenvalue weighted by Crippen LogP contribution is -2.51. The average Bonchev–Trinajstić information content (AvgIpc) is 3.40. The third-order valence-electron chi connectivity index (χ3n) is 5.19. The van der Waals surface area contributed by atoms with Crippen molar-refractivity contribution in [2.75, 3.05) is 29.4 Å². The van der Waals surface area contributed by atoms with E-state index in [-0.39, 0.29) is 11.1 Å². The molecule has 23 heavy (non-hydrogen) atoms. The maximum absolute atomic E-state index is 14.9. The van der Waals surface area contributed by atoms with Crippen LogP contribution in [0.4, 0.5) is 15.8 Å². The number of rotatable bonds is 3. The molecule has 3 aliphatic rings. The summed E-state index contributed by atoms with van der Waals surface area (Å²) >= 11 is 4.61. The fourth-order valence-corrected chi connectivity index (χ4v) is 4.00. The van der Waals surface area contributed by atoms with E-state index in [1.807, 2.05) is 0 Å². The van der Waals surface area contributed by atoms with Crippen molar-refractivity contribution in [3.8, 4) is 0 Å². The lowest BCUT2D eigenvalue weighted by atomic mass is 10.0. The first-order valence-electron chi connectivity index (χ1n) is 8.64. The maximum Gasteiger partial charge on any atom is 0.146 e. The summed E-state index contributed by atoms with van der Waals surface area (Å²) in [5.41, 5.74) is 2.88. The van der Waals surface area contributed by atoms with Gasteiger partial charge in [-0.05, 0) is 37.0 Å². The van der Waals surface area contributed by atoms with Crippen molar-refractivity contribution in [3.05, 3.63) is 35.8 Å². The number of nitrogens with zero attached hydrogens (tertiary/aromatic N) is 2. The van der Waals surface area contributed by atoms with Gasteiger partial charge in [0.15, 0.2) is 0 Å². The summed E-state index contributed by atoms with van der Waals surface area (Å²) < 4.78 is 14.9. The molecule has 2 unspecified atom stereocenters. The van der Waals surface area contributed by atoms with Crippen molar-refractivity contribution >= 4 is 24.0 Å². The molecular weight excluding hydrogens is 309 g/mol. The number of hydrogen-bond acceptors (Lipinski definition) is 4. The van der Waals surface area contributed by atoms with Gasteiger partial charge in [0.05, 0.1) is 5.69 Å². The maximum atomic E-state index is 14.9. The Morgan fingerprint density at radius 3 is 2.87 bits per heavy atom. The van der Waals surface area contributed by atoms with Crippen LogP contribution in [0.25, 0.3) is 0 Å². The van der Waals surface area contributed by atoms with Gasteiger partial charge in [0.2, 0.25) is 0 Å². The van der Waals surface area contributed by atoms with E-state index in [0.717, 1.165) is 43.0 Å². The third-order valence-corrected chi connectivity index (χ3v) is 5.64. The van der Waals surface area contributed by atoms with Gasteiger partial charge in [-0.1, -0.05) is 13.0 Å². The third kappa shape index (κ3) is 2.74. The zero-order valence-corrected chi connectivity index (χ0v) is 14.4. The van der Waals surface area contributed by atoms with Gasteiger partial charge in [-0.2, -0.15) is 12.6 Å².